The van der Waals surface area contributed by atoms with E-state index in [1.165, 1.54) is 0 Å². The van der Waals surface area contributed by atoms with Crippen LogP contribution in [0.1, 0.15) is 25.8 Å². The normalized spacial score (nSPS) is 13.3. The number of hydrogen-bond donors (Lipinski definition) is 4. The summed E-state index contributed by atoms with van der Waals surface area (Å²) >= 11 is 6.06. The summed E-state index contributed by atoms with van der Waals surface area (Å²) in [6, 6.07) is 8.74. The van der Waals surface area contributed by atoms with Gasteiger partial charge in [-0.05, 0) is 31.6 Å². The zero-order valence-corrected chi connectivity index (χ0v) is 15.0. The fourth-order valence-corrected chi connectivity index (χ4v) is 2.95. The van der Waals surface area contributed by atoms with Crippen LogP contribution in [0.15, 0.2) is 30.3 Å². The van der Waals surface area contributed by atoms with Crippen molar-refractivity contribution >= 4 is 40.5 Å². The number of nitrogens with two attached hydrogens (primary N) is 1. The Morgan fingerprint density at radius 2 is 2.04 bits per heavy atom. The lowest BCUT2D eigenvalue weighted by Gasteiger charge is -2.28. The molecule has 2 amide bonds. The predicted molar refractivity (Wildman–Crippen MR) is 96.1 cm³/mol. The summed E-state index contributed by atoms with van der Waals surface area (Å²) in [5, 5.41) is 12.2. The number of carbonyl (C=O) groups excluding carboxylic acids is 2. The van der Waals surface area contributed by atoms with Crippen LogP contribution in [0.5, 0.6) is 0 Å². The molecule has 1 heterocycles. The number of anilines is 1. The highest BCUT2D eigenvalue weighted by molar-refractivity contribution is 7.73. The van der Waals surface area contributed by atoms with Crippen molar-refractivity contribution in [1.82, 2.24) is 15.5 Å². The molecule has 0 spiro atoms. The Balaban J connectivity index is 2.29. The van der Waals surface area contributed by atoms with Crippen LogP contribution in [-0.2, 0) is 15.1 Å². The largest absolute Gasteiger partial charge is 0.354 e. The van der Waals surface area contributed by atoms with E-state index in [9.17, 15) is 9.59 Å². The number of aromatic amines is 1. The van der Waals surface area contributed by atoms with Crippen LogP contribution in [0.2, 0.25) is 0 Å². The van der Waals surface area contributed by atoms with Crippen LogP contribution in [0.3, 0.4) is 0 Å². The van der Waals surface area contributed by atoms with Gasteiger partial charge in [0.25, 0.3) is 5.91 Å². The second kappa shape index (κ2) is 7.65. The third-order valence-electron chi connectivity index (χ3n) is 3.24. The highest BCUT2D eigenvalue weighted by atomic mass is 32.1. The highest BCUT2D eigenvalue weighted by Crippen LogP contribution is 2.25. The quantitative estimate of drug-likeness (QED) is 0.584. The van der Waals surface area contributed by atoms with Gasteiger partial charge in [-0.2, -0.15) is 0 Å². The molecule has 2 rings (SSSR count). The molecule has 7 nitrogen and oxygen atoms in total. The average molecular weight is 365 g/mol. The lowest BCUT2D eigenvalue weighted by Crippen LogP contribution is -2.51. The molecule has 0 saturated carbocycles. The Labute approximate surface area is 148 Å². The predicted octanol–water partition coefficient (Wildman–Crippen LogP) is 1.91. The molecule has 24 heavy (non-hydrogen) atoms. The molecule has 0 bridgehead atoms. The molecule has 0 aliphatic heterocycles. The molecule has 0 aliphatic carbocycles. The minimum absolute atomic E-state index is 0.0445. The zero-order valence-electron chi connectivity index (χ0n) is 13.3. The molecule has 1 aromatic carbocycles. The monoisotopic (exact) mass is 365 g/mol. The number of aromatic nitrogens is 2. The Hall–Kier alpha value is -2.10. The van der Waals surface area contributed by atoms with E-state index < -0.39 is 11.4 Å². The van der Waals surface area contributed by atoms with Gasteiger partial charge in [0.05, 0.1) is 6.42 Å². The third-order valence-corrected chi connectivity index (χ3v) is 4.25. The number of rotatable bonds is 6. The van der Waals surface area contributed by atoms with Crippen molar-refractivity contribution in [2.24, 2.45) is 5.73 Å². The van der Waals surface area contributed by atoms with Gasteiger partial charge in [-0.25, -0.2) is 0 Å². The maximum atomic E-state index is 12.8. The van der Waals surface area contributed by atoms with Crippen LogP contribution in [-0.4, -0.2) is 28.1 Å². The summed E-state index contributed by atoms with van der Waals surface area (Å²) in [5.74, 6) is -0.827. The van der Waals surface area contributed by atoms with E-state index >= 15 is 0 Å². The number of hydrogen-bond acceptors (Lipinski definition) is 6. The number of nitrogens with zero attached hydrogens (tertiary/aromatic N) is 1. The zero-order chi connectivity index (χ0) is 17.7. The molecule has 0 fully saturated rings. The second-order valence-electron chi connectivity index (χ2n) is 5.61. The number of amides is 2. The van der Waals surface area contributed by atoms with Gasteiger partial charge in [-0.15, -0.1) is 5.10 Å². The molecule has 0 aliphatic rings. The summed E-state index contributed by atoms with van der Waals surface area (Å²) in [6.45, 7) is 3.68. The first-order chi connectivity index (χ1) is 11.3. The first-order valence-electron chi connectivity index (χ1n) is 7.32. The van der Waals surface area contributed by atoms with Crippen molar-refractivity contribution in [2.75, 3.05) is 5.32 Å². The molecule has 0 radical (unpaired) electrons. The fraction of sp³-hybridized carbons (Fsp3) is 0.333. The smallest absolute Gasteiger partial charge is 0.251 e. The maximum absolute atomic E-state index is 12.8. The van der Waals surface area contributed by atoms with Gasteiger partial charge in [-0.3, -0.25) is 20.0 Å². The van der Waals surface area contributed by atoms with Crippen molar-refractivity contribution < 1.29 is 9.59 Å². The Morgan fingerprint density at radius 3 is 2.58 bits per heavy atom. The van der Waals surface area contributed by atoms with E-state index in [1.54, 1.807) is 24.3 Å². The average Bonchev–Trinajstić information content (AvgIpc) is 2.92. The first-order valence-corrected chi connectivity index (χ1v) is 8.54. The summed E-state index contributed by atoms with van der Waals surface area (Å²) in [4.78, 5) is 25.0. The van der Waals surface area contributed by atoms with E-state index in [0.717, 1.165) is 11.3 Å². The molecule has 2 aromatic rings. The number of carbonyl (C=O) groups is 2. The van der Waals surface area contributed by atoms with E-state index in [2.05, 4.69) is 20.8 Å². The molecular weight excluding hydrogens is 346 g/mol. The summed E-state index contributed by atoms with van der Waals surface area (Å²) in [7, 11) is 0. The van der Waals surface area contributed by atoms with E-state index in [1.807, 2.05) is 19.9 Å². The van der Waals surface area contributed by atoms with Crippen LogP contribution < -0.4 is 16.4 Å². The third kappa shape index (κ3) is 4.47. The summed E-state index contributed by atoms with van der Waals surface area (Å²) in [6.07, 6.45) is -0.184. The minimum atomic E-state index is -1.52. The summed E-state index contributed by atoms with van der Waals surface area (Å²) in [5.41, 5.74) is 5.38. The molecular formula is C15H19N5O2S2. The molecule has 9 heteroatoms. The van der Waals surface area contributed by atoms with Crippen LogP contribution >= 0.6 is 23.6 Å². The van der Waals surface area contributed by atoms with Crippen molar-refractivity contribution in [3.8, 4) is 0 Å². The molecule has 0 saturated heterocycles. The van der Waals surface area contributed by atoms with Gasteiger partial charge in [-0.1, -0.05) is 41.7 Å². The van der Waals surface area contributed by atoms with Gasteiger partial charge >= 0.3 is 0 Å². The minimum Gasteiger partial charge on any atom is -0.354 e. The lowest BCUT2D eigenvalue weighted by molar-refractivity contribution is -0.129. The molecule has 1 aromatic heterocycles. The standard InChI is InChI=1S/C15H19N5O2S2/c1-9(2)17-11(21)8-15(16,10-6-4-3-5-7-10)12(22)18-13-19-20-14(23)24-13/h3-7,9H,8,16H2,1-2H3,(H,17,21)(H,20,23)(H,18,19,22)/t15-/m0/s1. The lowest BCUT2D eigenvalue weighted by atomic mass is 9.86. The van der Waals surface area contributed by atoms with Gasteiger partial charge in [0.15, 0.2) is 3.95 Å². The Bertz CT molecular complexity index is 771. The van der Waals surface area contributed by atoms with Crippen molar-refractivity contribution in [2.45, 2.75) is 31.8 Å². The number of benzene rings is 1. The van der Waals surface area contributed by atoms with E-state index in [0.29, 0.717) is 14.6 Å². The van der Waals surface area contributed by atoms with Crippen LogP contribution in [0, 0.1) is 3.95 Å². The van der Waals surface area contributed by atoms with Gasteiger partial charge in [0, 0.05) is 6.04 Å². The van der Waals surface area contributed by atoms with Crippen LogP contribution in [0.4, 0.5) is 5.13 Å². The topological polar surface area (TPSA) is 113 Å². The second-order valence-corrected chi connectivity index (χ2v) is 7.27. The highest BCUT2D eigenvalue weighted by Gasteiger charge is 2.38. The van der Waals surface area contributed by atoms with E-state index in [-0.39, 0.29) is 18.4 Å². The fourth-order valence-electron chi connectivity index (χ4n) is 2.17. The molecule has 5 N–H and O–H groups in total. The summed E-state index contributed by atoms with van der Waals surface area (Å²) < 4.78 is 0.435. The SMILES string of the molecule is CC(C)NC(=O)C[C@@](N)(C(=O)Nc1n[nH]c(=S)s1)c1ccccc1. The Kier molecular flexibility index (Phi) is 5.81. The molecule has 0 unspecified atom stereocenters. The first kappa shape index (κ1) is 18.2. The van der Waals surface area contributed by atoms with Crippen molar-refractivity contribution in [1.29, 1.82) is 0 Å². The van der Waals surface area contributed by atoms with Gasteiger partial charge < -0.3 is 11.1 Å². The molecule has 128 valence electrons. The van der Waals surface area contributed by atoms with Crippen molar-refractivity contribution in [3.63, 3.8) is 0 Å². The van der Waals surface area contributed by atoms with Gasteiger partial charge in [0.2, 0.25) is 11.0 Å². The number of nitrogens with one attached hydrogen (secondary N) is 3. The van der Waals surface area contributed by atoms with Gasteiger partial charge in [0.1, 0.15) is 5.54 Å². The van der Waals surface area contributed by atoms with Crippen LogP contribution in [0.25, 0.3) is 0 Å². The molecule has 1 atom stereocenters. The Morgan fingerprint density at radius 1 is 1.38 bits per heavy atom. The van der Waals surface area contributed by atoms with Crippen molar-refractivity contribution in [3.05, 3.63) is 39.8 Å². The van der Waals surface area contributed by atoms with E-state index in [4.69, 9.17) is 18.0 Å². The maximum Gasteiger partial charge on any atom is 0.251 e. The number of H-pyrrole nitrogens is 1.